The summed E-state index contributed by atoms with van der Waals surface area (Å²) in [4.78, 5) is 12.7. The van der Waals surface area contributed by atoms with Gasteiger partial charge in [0.05, 0.1) is 21.7 Å². The number of hydrogen-bond acceptors (Lipinski definition) is 4. The van der Waals surface area contributed by atoms with Gasteiger partial charge in [-0.05, 0) is 41.8 Å². The van der Waals surface area contributed by atoms with E-state index in [0.717, 1.165) is 17.4 Å². The van der Waals surface area contributed by atoms with E-state index in [9.17, 15) is 31.1 Å². The molecule has 4 rings (SSSR count). The maximum atomic E-state index is 13.3. The number of alkyl halides is 6. The van der Waals surface area contributed by atoms with Crippen molar-refractivity contribution in [2.24, 2.45) is 0 Å². The molecule has 0 aliphatic carbocycles. The Morgan fingerprint density at radius 2 is 1.82 bits per heavy atom. The van der Waals surface area contributed by atoms with Gasteiger partial charge in [0.25, 0.3) is 5.91 Å². The quantitative estimate of drug-likeness (QED) is 0.275. The first-order chi connectivity index (χ1) is 15.9. The van der Waals surface area contributed by atoms with Crippen molar-refractivity contribution >= 4 is 45.6 Å². The standard InChI is InChI=1S/C21H12ClF6N3O2S/c22-15-5-6-34-17(15)19(32)29-18-13-8-12(3-4-16(13)30-31-18)33-9-10-1-2-11(20(23,24)25)7-14(10)21(26,27)28/h1-8H,9H2,(H2,29,30,31,32). The van der Waals surface area contributed by atoms with Crippen LogP contribution in [0.15, 0.2) is 47.8 Å². The van der Waals surface area contributed by atoms with Crippen LogP contribution in [0.2, 0.25) is 5.02 Å². The Morgan fingerprint density at radius 1 is 1.06 bits per heavy atom. The van der Waals surface area contributed by atoms with Gasteiger partial charge in [-0.15, -0.1) is 11.3 Å². The smallest absolute Gasteiger partial charge is 0.416 e. The van der Waals surface area contributed by atoms with Crippen LogP contribution in [-0.4, -0.2) is 16.1 Å². The zero-order valence-electron chi connectivity index (χ0n) is 16.6. The number of hydrogen-bond donors (Lipinski definition) is 2. The van der Waals surface area contributed by atoms with Crippen LogP contribution >= 0.6 is 22.9 Å². The number of thiophene rings is 1. The fourth-order valence-corrected chi connectivity index (χ4v) is 4.14. The van der Waals surface area contributed by atoms with Gasteiger partial charge in [0.1, 0.15) is 17.2 Å². The molecule has 34 heavy (non-hydrogen) atoms. The van der Waals surface area contributed by atoms with Crippen LogP contribution in [-0.2, 0) is 19.0 Å². The van der Waals surface area contributed by atoms with Crippen LogP contribution < -0.4 is 10.1 Å². The zero-order chi connectivity index (χ0) is 24.7. The number of carbonyl (C=O) groups is 1. The van der Waals surface area contributed by atoms with E-state index in [0.29, 0.717) is 17.0 Å². The summed E-state index contributed by atoms with van der Waals surface area (Å²) in [5, 5.41) is 11.6. The van der Waals surface area contributed by atoms with Gasteiger partial charge < -0.3 is 10.1 Å². The zero-order valence-corrected chi connectivity index (χ0v) is 18.2. The van der Waals surface area contributed by atoms with Crippen LogP contribution in [0.1, 0.15) is 26.4 Å². The van der Waals surface area contributed by atoms with Gasteiger partial charge in [0, 0.05) is 10.9 Å². The second kappa shape index (κ2) is 8.84. The molecular weight excluding hydrogens is 508 g/mol. The molecule has 0 fully saturated rings. The first-order valence-electron chi connectivity index (χ1n) is 9.36. The molecule has 2 heterocycles. The third-order valence-corrected chi connectivity index (χ3v) is 6.07. The molecular formula is C21H12ClF6N3O2S. The van der Waals surface area contributed by atoms with Gasteiger partial charge in [-0.1, -0.05) is 17.7 Å². The minimum atomic E-state index is -5.00. The highest BCUT2D eigenvalue weighted by molar-refractivity contribution is 7.12. The highest BCUT2D eigenvalue weighted by Gasteiger charge is 2.38. The first-order valence-corrected chi connectivity index (χ1v) is 10.6. The number of halogens is 7. The lowest BCUT2D eigenvalue weighted by Gasteiger charge is -2.16. The van der Waals surface area contributed by atoms with Crippen LogP contribution in [0, 0.1) is 0 Å². The summed E-state index contributed by atoms with van der Waals surface area (Å²) < 4.78 is 84.0. The summed E-state index contributed by atoms with van der Waals surface area (Å²) in [6.45, 7) is -0.636. The number of nitrogens with one attached hydrogen (secondary N) is 2. The van der Waals surface area contributed by atoms with E-state index in [1.54, 1.807) is 11.4 Å². The normalized spacial score (nSPS) is 12.2. The minimum absolute atomic E-state index is 0.0569. The number of benzene rings is 2. The third-order valence-electron chi connectivity index (χ3n) is 4.73. The minimum Gasteiger partial charge on any atom is -0.489 e. The van der Waals surface area contributed by atoms with Gasteiger partial charge in [-0.3, -0.25) is 9.89 Å². The Kier molecular flexibility index (Phi) is 6.21. The monoisotopic (exact) mass is 519 g/mol. The average Bonchev–Trinajstić information content (AvgIpc) is 3.36. The largest absolute Gasteiger partial charge is 0.489 e. The summed E-state index contributed by atoms with van der Waals surface area (Å²) in [6, 6.07) is 7.33. The molecule has 1 amide bonds. The fourth-order valence-electron chi connectivity index (χ4n) is 3.10. The van der Waals surface area contributed by atoms with Crippen molar-refractivity contribution in [2.75, 3.05) is 5.32 Å². The highest BCUT2D eigenvalue weighted by atomic mass is 35.5. The topological polar surface area (TPSA) is 67.0 Å². The number of ether oxygens (including phenoxy) is 1. The van der Waals surface area contributed by atoms with E-state index >= 15 is 0 Å². The van der Waals surface area contributed by atoms with Crippen molar-refractivity contribution < 1.29 is 35.9 Å². The predicted molar refractivity (Wildman–Crippen MR) is 114 cm³/mol. The number of nitrogens with zero attached hydrogens (tertiary/aromatic N) is 1. The van der Waals surface area contributed by atoms with E-state index in [-0.39, 0.29) is 27.5 Å². The van der Waals surface area contributed by atoms with Crippen molar-refractivity contribution in [3.63, 3.8) is 0 Å². The van der Waals surface area contributed by atoms with Gasteiger partial charge in [-0.2, -0.15) is 31.4 Å². The van der Waals surface area contributed by atoms with E-state index in [2.05, 4.69) is 15.5 Å². The molecule has 0 atom stereocenters. The Morgan fingerprint density at radius 3 is 2.47 bits per heavy atom. The Balaban J connectivity index is 1.57. The molecule has 0 saturated carbocycles. The summed E-state index contributed by atoms with van der Waals surface area (Å²) in [7, 11) is 0. The number of anilines is 1. The Bertz CT molecular complexity index is 1360. The van der Waals surface area contributed by atoms with E-state index < -0.39 is 41.6 Å². The number of fused-ring (bicyclic) bond motifs is 1. The summed E-state index contributed by atoms with van der Waals surface area (Å²) >= 11 is 7.09. The number of aromatic nitrogens is 2. The Hall–Kier alpha value is -3.25. The molecule has 0 unspecified atom stereocenters. The molecule has 0 aliphatic heterocycles. The fraction of sp³-hybridized carbons (Fsp3) is 0.143. The molecule has 13 heteroatoms. The van der Waals surface area contributed by atoms with E-state index in [1.807, 2.05) is 0 Å². The number of rotatable bonds is 5. The molecule has 0 aliphatic rings. The van der Waals surface area contributed by atoms with E-state index in [1.165, 1.54) is 18.2 Å². The molecule has 178 valence electrons. The molecule has 2 aromatic heterocycles. The highest BCUT2D eigenvalue weighted by Crippen LogP contribution is 2.38. The molecule has 0 radical (unpaired) electrons. The predicted octanol–water partition coefficient (Wildman–Crippen LogP) is 7.15. The SMILES string of the molecule is O=C(Nc1n[nH]c2ccc(OCc3ccc(C(F)(F)F)cc3C(F)(F)F)cc12)c1sccc1Cl. The summed E-state index contributed by atoms with van der Waals surface area (Å²) in [6.07, 6.45) is -9.92. The van der Waals surface area contributed by atoms with E-state index in [4.69, 9.17) is 16.3 Å². The van der Waals surface area contributed by atoms with Crippen molar-refractivity contribution in [1.29, 1.82) is 0 Å². The second-order valence-electron chi connectivity index (χ2n) is 6.99. The molecule has 5 nitrogen and oxygen atoms in total. The maximum absolute atomic E-state index is 13.3. The molecule has 2 N–H and O–H groups in total. The lowest BCUT2D eigenvalue weighted by molar-refractivity contribution is -0.143. The maximum Gasteiger partial charge on any atom is 0.416 e. The number of H-pyrrole nitrogens is 1. The Labute approximate surface area is 196 Å². The number of amides is 1. The molecule has 0 bridgehead atoms. The second-order valence-corrected chi connectivity index (χ2v) is 8.31. The van der Waals surface area contributed by atoms with Gasteiger partial charge in [0.2, 0.25) is 0 Å². The molecule has 4 aromatic rings. The van der Waals surface area contributed by atoms with Crippen molar-refractivity contribution in [3.05, 3.63) is 74.4 Å². The van der Waals surface area contributed by atoms with Gasteiger partial charge in [-0.25, -0.2) is 0 Å². The first kappa shape index (κ1) is 23.9. The summed E-state index contributed by atoms with van der Waals surface area (Å²) in [5.41, 5.74) is -2.80. The van der Waals surface area contributed by atoms with Gasteiger partial charge in [0.15, 0.2) is 5.82 Å². The summed E-state index contributed by atoms with van der Waals surface area (Å²) in [5.74, 6) is -0.244. The lowest BCUT2D eigenvalue weighted by atomic mass is 10.0. The molecule has 0 spiro atoms. The number of carbonyl (C=O) groups excluding carboxylic acids is 1. The van der Waals surface area contributed by atoms with Crippen molar-refractivity contribution in [1.82, 2.24) is 10.2 Å². The average molecular weight is 520 g/mol. The molecule has 0 saturated heterocycles. The molecule has 2 aromatic carbocycles. The van der Waals surface area contributed by atoms with Crippen molar-refractivity contribution in [3.8, 4) is 5.75 Å². The van der Waals surface area contributed by atoms with Gasteiger partial charge >= 0.3 is 12.4 Å². The van der Waals surface area contributed by atoms with Crippen LogP contribution in [0.4, 0.5) is 32.2 Å². The van der Waals surface area contributed by atoms with Crippen molar-refractivity contribution in [2.45, 2.75) is 19.0 Å². The number of aromatic amines is 1. The van der Waals surface area contributed by atoms with Crippen LogP contribution in [0.3, 0.4) is 0 Å². The lowest BCUT2D eigenvalue weighted by Crippen LogP contribution is -2.14. The van der Waals surface area contributed by atoms with Crippen LogP contribution in [0.25, 0.3) is 10.9 Å². The third kappa shape index (κ3) is 4.97. The van der Waals surface area contributed by atoms with Crippen LogP contribution in [0.5, 0.6) is 5.75 Å².